The molecule has 34 heavy (non-hydrogen) atoms. The zero-order valence-electron chi connectivity index (χ0n) is 19.1. The number of hydrogen-bond acceptors (Lipinski definition) is 6. The molecule has 180 valence electrons. The van der Waals surface area contributed by atoms with Crippen molar-refractivity contribution in [2.75, 3.05) is 22.7 Å². The molecule has 1 aliphatic carbocycles. The van der Waals surface area contributed by atoms with Crippen LogP contribution < -0.4 is 9.46 Å². The van der Waals surface area contributed by atoms with Crippen molar-refractivity contribution in [2.45, 2.75) is 38.6 Å². The predicted octanol–water partition coefficient (Wildman–Crippen LogP) is 4.44. The molecule has 0 unspecified atom stereocenters. The van der Waals surface area contributed by atoms with Gasteiger partial charge in [0.2, 0.25) is 10.0 Å². The Morgan fingerprint density at radius 3 is 2.38 bits per heavy atom. The highest BCUT2D eigenvalue weighted by Gasteiger charge is 2.28. The van der Waals surface area contributed by atoms with Crippen molar-refractivity contribution in [1.29, 1.82) is 5.26 Å². The van der Waals surface area contributed by atoms with Gasteiger partial charge in [0.15, 0.2) is 15.8 Å². The van der Waals surface area contributed by atoms with Crippen molar-refractivity contribution in [3.8, 4) is 23.1 Å². The van der Waals surface area contributed by atoms with E-state index in [4.69, 9.17) is 4.74 Å². The summed E-state index contributed by atoms with van der Waals surface area (Å²) in [4.78, 5) is 0. The van der Waals surface area contributed by atoms with Crippen molar-refractivity contribution in [3.05, 3.63) is 48.0 Å². The second-order valence-corrected chi connectivity index (χ2v) is 12.6. The minimum Gasteiger partial charge on any atom is -0.478 e. The van der Waals surface area contributed by atoms with Crippen LogP contribution in [0.5, 0.6) is 5.75 Å². The van der Waals surface area contributed by atoms with E-state index in [-0.39, 0.29) is 11.8 Å². The molecule has 3 aromatic rings. The Labute approximate surface area is 200 Å². The number of nitrogens with one attached hydrogen (secondary N) is 1. The first-order valence-corrected chi connectivity index (χ1v) is 14.8. The summed E-state index contributed by atoms with van der Waals surface area (Å²) in [5.41, 5.74) is 3.38. The highest BCUT2D eigenvalue weighted by atomic mass is 32.2. The van der Waals surface area contributed by atoms with Gasteiger partial charge in [-0.3, -0.25) is 4.72 Å². The molecule has 4 rings (SSSR count). The summed E-state index contributed by atoms with van der Waals surface area (Å²) in [6.07, 6.45) is 4.68. The lowest BCUT2D eigenvalue weighted by Gasteiger charge is -2.30. The number of nitriles is 1. The number of ether oxygens (including phenoxy) is 1. The van der Waals surface area contributed by atoms with Gasteiger partial charge in [-0.25, -0.2) is 16.8 Å². The molecule has 10 heteroatoms. The number of nitrogens with zero attached hydrogens (tertiary/aromatic N) is 2. The zero-order valence-corrected chi connectivity index (χ0v) is 20.7. The van der Waals surface area contributed by atoms with Crippen LogP contribution in [0.25, 0.3) is 22.2 Å². The molecule has 0 atom stereocenters. The summed E-state index contributed by atoms with van der Waals surface area (Å²) in [6.45, 7) is 1.81. The number of fused-ring (bicyclic) bond motifs is 1. The van der Waals surface area contributed by atoms with Crippen molar-refractivity contribution in [1.82, 2.24) is 4.57 Å². The first kappa shape index (κ1) is 24.1. The predicted molar refractivity (Wildman–Crippen MR) is 133 cm³/mol. The smallest absolute Gasteiger partial charge is 0.232 e. The highest BCUT2D eigenvalue weighted by molar-refractivity contribution is 7.92. The molecule has 0 spiro atoms. The van der Waals surface area contributed by atoms with E-state index in [0.717, 1.165) is 47.7 Å². The van der Waals surface area contributed by atoms with E-state index in [2.05, 4.69) is 15.4 Å². The molecule has 1 saturated carbocycles. The molecule has 0 radical (unpaired) electrons. The first-order chi connectivity index (χ1) is 16.1. The van der Waals surface area contributed by atoms with Crippen molar-refractivity contribution >= 4 is 36.5 Å². The zero-order chi connectivity index (χ0) is 24.5. The van der Waals surface area contributed by atoms with Gasteiger partial charge in [0, 0.05) is 29.4 Å². The van der Waals surface area contributed by atoms with Crippen molar-refractivity contribution < 1.29 is 21.6 Å². The Morgan fingerprint density at radius 1 is 1.12 bits per heavy atom. The molecule has 0 amide bonds. The van der Waals surface area contributed by atoms with E-state index in [1.165, 1.54) is 0 Å². The molecule has 1 aromatic heterocycles. The number of sulfonamides is 1. The van der Waals surface area contributed by atoms with Crippen molar-refractivity contribution in [2.24, 2.45) is 0 Å². The van der Waals surface area contributed by atoms with Gasteiger partial charge < -0.3 is 9.30 Å². The Balaban J connectivity index is 1.79. The van der Waals surface area contributed by atoms with E-state index in [1.807, 2.05) is 19.1 Å². The largest absolute Gasteiger partial charge is 0.478 e. The fourth-order valence-electron chi connectivity index (χ4n) is 4.17. The number of benzene rings is 2. The average molecular weight is 502 g/mol. The minimum atomic E-state index is -3.40. The second kappa shape index (κ2) is 9.31. The van der Waals surface area contributed by atoms with E-state index < -0.39 is 25.8 Å². The molecule has 1 fully saturated rings. The van der Waals surface area contributed by atoms with Crippen molar-refractivity contribution in [3.63, 3.8) is 0 Å². The maximum atomic E-state index is 12.1. The minimum absolute atomic E-state index is 0.0486. The molecule has 0 saturated heterocycles. The van der Waals surface area contributed by atoms with Gasteiger partial charge in [0.05, 0.1) is 22.5 Å². The van der Waals surface area contributed by atoms with Gasteiger partial charge in [0.25, 0.3) is 0 Å². The van der Waals surface area contributed by atoms with E-state index in [0.29, 0.717) is 23.4 Å². The first-order valence-electron chi connectivity index (χ1n) is 11.1. The quantitative estimate of drug-likeness (QED) is 0.463. The summed E-state index contributed by atoms with van der Waals surface area (Å²) in [6, 6.07) is 14.8. The second-order valence-electron chi connectivity index (χ2n) is 8.66. The lowest BCUT2D eigenvalue weighted by molar-refractivity contribution is 0.323. The Bertz CT molecular complexity index is 1460. The summed E-state index contributed by atoms with van der Waals surface area (Å²) < 4.78 is 57.5. The molecule has 1 N–H and O–H groups in total. The SMILES string of the molecule is CCCS(=O)(=O)Nc1ccc(-c2c(C#N)c3ccc(OCS(C)(=O)=O)cc3n2C2CCC2)cc1. The highest BCUT2D eigenvalue weighted by Crippen LogP contribution is 2.43. The van der Waals surface area contributed by atoms with Crippen LogP contribution in [0.1, 0.15) is 44.2 Å². The fraction of sp³-hybridized carbons (Fsp3) is 0.375. The van der Waals surface area contributed by atoms with Crippen LogP contribution in [0.3, 0.4) is 0 Å². The average Bonchev–Trinajstić information content (AvgIpc) is 3.04. The van der Waals surface area contributed by atoms with Gasteiger partial charge in [0.1, 0.15) is 11.8 Å². The van der Waals surface area contributed by atoms with Crippen LogP contribution in [0.4, 0.5) is 5.69 Å². The van der Waals surface area contributed by atoms with Crippen LogP contribution in [0, 0.1) is 11.3 Å². The van der Waals surface area contributed by atoms with Crippen LogP contribution in [-0.4, -0.2) is 39.4 Å². The van der Waals surface area contributed by atoms with Gasteiger partial charge in [-0.15, -0.1) is 0 Å². The molecule has 1 heterocycles. The summed E-state index contributed by atoms with van der Waals surface area (Å²) in [7, 11) is -6.69. The van der Waals surface area contributed by atoms with Crippen LogP contribution >= 0.6 is 0 Å². The molecular formula is C24H27N3O5S2. The molecule has 0 bridgehead atoms. The maximum Gasteiger partial charge on any atom is 0.232 e. The fourth-order valence-corrected chi connectivity index (χ4v) is 5.66. The van der Waals surface area contributed by atoms with E-state index in [9.17, 15) is 22.1 Å². The number of anilines is 1. The van der Waals surface area contributed by atoms with Crippen LogP contribution in [-0.2, 0) is 19.9 Å². The third kappa shape index (κ3) is 5.05. The third-order valence-corrected chi connectivity index (χ3v) is 7.91. The topological polar surface area (TPSA) is 118 Å². The molecule has 0 aliphatic heterocycles. The van der Waals surface area contributed by atoms with E-state index in [1.54, 1.807) is 30.3 Å². The van der Waals surface area contributed by atoms with Gasteiger partial charge in [-0.2, -0.15) is 5.26 Å². The Morgan fingerprint density at radius 2 is 1.82 bits per heavy atom. The number of sulfone groups is 1. The maximum absolute atomic E-state index is 12.1. The molecule has 2 aromatic carbocycles. The number of hydrogen-bond donors (Lipinski definition) is 1. The monoisotopic (exact) mass is 501 g/mol. The lowest BCUT2D eigenvalue weighted by Crippen LogP contribution is -2.18. The third-order valence-electron chi connectivity index (χ3n) is 5.87. The molecular weight excluding hydrogens is 474 g/mol. The Hall–Kier alpha value is -3.03. The van der Waals surface area contributed by atoms with Gasteiger partial charge in [-0.05, 0) is 55.5 Å². The molecule has 8 nitrogen and oxygen atoms in total. The molecule has 1 aliphatic rings. The number of aromatic nitrogens is 1. The normalized spacial score (nSPS) is 14.5. The van der Waals surface area contributed by atoms with Crippen LogP contribution in [0.15, 0.2) is 42.5 Å². The standard InChI is InChI=1S/C24H27N3O5S2/c1-3-13-34(30,31)26-18-9-7-17(8-10-18)24-22(15-25)21-12-11-20(32-16-33(2,28)29)14-23(21)27(24)19-5-4-6-19/h7-12,14,19,26H,3-6,13,16H2,1-2H3. The van der Waals surface area contributed by atoms with Crippen LogP contribution in [0.2, 0.25) is 0 Å². The summed E-state index contributed by atoms with van der Waals surface area (Å²) >= 11 is 0. The van der Waals surface area contributed by atoms with Gasteiger partial charge in [-0.1, -0.05) is 19.1 Å². The summed E-state index contributed by atoms with van der Waals surface area (Å²) in [5.74, 6) is 0.0518. The number of rotatable bonds is 9. The Kier molecular flexibility index (Phi) is 6.60. The lowest BCUT2D eigenvalue weighted by atomic mass is 9.92. The van der Waals surface area contributed by atoms with Gasteiger partial charge >= 0.3 is 0 Å². The summed E-state index contributed by atoms with van der Waals surface area (Å²) in [5, 5.41) is 10.8. The van der Waals surface area contributed by atoms with E-state index >= 15 is 0 Å².